The standard InChI is InChI=1S/C11H11BrClN3O/c12-8-4-7(5-9(13)6-8)11-16-15-10(17-11)2-1-3-14/h4-6H,1-3,14H2. The van der Waals surface area contributed by atoms with E-state index in [9.17, 15) is 0 Å². The lowest BCUT2D eigenvalue weighted by Crippen LogP contribution is -2.00. The molecule has 0 aliphatic carbocycles. The smallest absolute Gasteiger partial charge is 0.247 e. The minimum Gasteiger partial charge on any atom is -0.421 e. The van der Waals surface area contributed by atoms with Crippen LogP contribution in [0.25, 0.3) is 11.5 Å². The van der Waals surface area contributed by atoms with Gasteiger partial charge in [-0.05, 0) is 31.2 Å². The molecule has 0 bridgehead atoms. The molecule has 0 atom stereocenters. The molecule has 1 heterocycles. The van der Waals surface area contributed by atoms with E-state index in [0.29, 0.717) is 29.8 Å². The Hall–Kier alpha value is -0.910. The first kappa shape index (κ1) is 12.5. The minimum atomic E-state index is 0.472. The van der Waals surface area contributed by atoms with Gasteiger partial charge in [-0.3, -0.25) is 0 Å². The monoisotopic (exact) mass is 315 g/mol. The third kappa shape index (κ3) is 3.28. The van der Waals surface area contributed by atoms with Crippen LogP contribution in [0.5, 0.6) is 0 Å². The van der Waals surface area contributed by atoms with E-state index in [-0.39, 0.29) is 0 Å². The molecule has 0 saturated heterocycles. The summed E-state index contributed by atoms with van der Waals surface area (Å²) in [6.45, 7) is 0.612. The average molecular weight is 317 g/mol. The highest BCUT2D eigenvalue weighted by atomic mass is 79.9. The number of hydrogen-bond donors (Lipinski definition) is 1. The Morgan fingerprint density at radius 2 is 2.12 bits per heavy atom. The second kappa shape index (κ2) is 5.62. The van der Waals surface area contributed by atoms with Crippen molar-refractivity contribution in [2.24, 2.45) is 5.73 Å². The lowest BCUT2D eigenvalue weighted by atomic mass is 10.2. The quantitative estimate of drug-likeness (QED) is 0.941. The Morgan fingerprint density at radius 3 is 2.82 bits per heavy atom. The Balaban J connectivity index is 2.24. The minimum absolute atomic E-state index is 0.472. The second-order valence-electron chi connectivity index (χ2n) is 3.55. The van der Waals surface area contributed by atoms with Crippen LogP contribution in [0.1, 0.15) is 12.3 Å². The van der Waals surface area contributed by atoms with Gasteiger partial charge in [0, 0.05) is 21.5 Å². The summed E-state index contributed by atoms with van der Waals surface area (Å²) < 4.78 is 6.40. The average Bonchev–Trinajstić information content (AvgIpc) is 2.73. The van der Waals surface area contributed by atoms with Gasteiger partial charge in [0.2, 0.25) is 11.8 Å². The molecule has 17 heavy (non-hydrogen) atoms. The molecule has 2 aromatic rings. The van der Waals surface area contributed by atoms with Crippen molar-refractivity contribution in [3.05, 3.63) is 33.6 Å². The summed E-state index contributed by atoms with van der Waals surface area (Å²) in [4.78, 5) is 0. The van der Waals surface area contributed by atoms with Crippen molar-refractivity contribution in [2.45, 2.75) is 12.8 Å². The molecule has 0 fully saturated rings. The van der Waals surface area contributed by atoms with E-state index < -0.39 is 0 Å². The van der Waals surface area contributed by atoms with Gasteiger partial charge in [-0.25, -0.2) is 0 Å². The second-order valence-corrected chi connectivity index (χ2v) is 4.90. The van der Waals surface area contributed by atoms with E-state index in [0.717, 1.165) is 16.5 Å². The molecule has 0 aliphatic rings. The number of hydrogen-bond acceptors (Lipinski definition) is 4. The zero-order valence-electron chi connectivity index (χ0n) is 8.99. The molecular weight excluding hydrogens is 305 g/mol. The molecule has 2 N–H and O–H groups in total. The van der Waals surface area contributed by atoms with Crippen LogP contribution in [0.3, 0.4) is 0 Å². The van der Waals surface area contributed by atoms with Gasteiger partial charge in [-0.1, -0.05) is 27.5 Å². The molecule has 2 rings (SSSR count). The number of benzene rings is 1. The van der Waals surface area contributed by atoms with E-state index >= 15 is 0 Å². The molecule has 4 nitrogen and oxygen atoms in total. The van der Waals surface area contributed by atoms with Crippen LogP contribution in [0.15, 0.2) is 27.1 Å². The van der Waals surface area contributed by atoms with Crippen molar-refractivity contribution in [1.82, 2.24) is 10.2 Å². The van der Waals surface area contributed by atoms with Crippen LogP contribution in [-0.4, -0.2) is 16.7 Å². The third-order valence-electron chi connectivity index (χ3n) is 2.17. The maximum absolute atomic E-state index is 5.95. The maximum atomic E-state index is 5.95. The fourth-order valence-corrected chi connectivity index (χ4v) is 2.26. The molecule has 90 valence electrons. The summed E-state index contributed by atoms with van der Waals surface area (Å²) in [6, 6.07) is 5.47. The zero-order valence-corrected chi connectivity index (χ0v) is 11.3. The molecule has 0 unspecified atom stereocenters. The summed E-state index contributed by atoms with van der Waals surface area (Å²) in [6.07, 6.45) is 1.53. The number of halogens is 2. The predicted molar refractivity (Wildman–Crippen MR) is 69.8 cm³/mol. The molecule has 1 aromatic carbocycles. The van der Waals surface area contributed by atoms with Gasteiger partial charge in [0.1, 0.15) is 0 Å². The number of aromatic nitrogens is 2. The number of rotatable bonds is 4. The SMILES string of the molecule is NCCCc1nnc(-c2cc(Cl)cc(Br)c2)o1. The summed E-state index contributed by atoms with van der Waals surface area (Å²) in [5.41, 5.74) is 6.22. The largest absolute Gasteiger partial charge is 0.421 e. The number of nitrogens with zero attached hydrogens (tertiary/aromatic N) is 2. The lowest BCUT2D eigenvalue weighted by Gasteiger charge is -1.97. The molecule has 0 amide bonds. The topological polar surface area (TPSA) is 64.9 Å². The molecule has 0 radical (unpaired) electrons. The van der Waals surface area contributed by atoms with E-state index in [1.54, 1.807) is 12.1 Å². The molecule has 0 spiro atoms. The summed E-state index contributed by atoms with van der Waals surface area (Å²) >= 11 is 9.32. The van der Waals surface area contributed by atoms with Gasteiger partial charge in [-0.15, -0.1) is 10.2 Å². The molecule has 6 heteroatoms. The lowest BCUT2D eigenvalue weighted by molar-refractivity contribution is 0.499. The first-order valence-corrected chi connectivity index (χ1v) is 6.35. The summed E-state index contributed by atoms with van der Waals surface area (Å²) in [5.74, 6) is 1.07. The fraction of sp³-hybridized carbons (Fsp3) is 0.273. The van der Waals surface area contributed by atoms with Crippen LogP contribution in [0.4, 0.5) is 0 Å². The Bertz CT molecular complexity index is 495. The first-order chi connectivity index (χ1) is 8.19. The van der Waals surface area contributed by atoms with Gasteiger partial charge in [0.25, 0.3) is 0 Å². The van der Waals surface area contributed by atoms with Crippen LogP contribution >= 0.6 is 27.5 Å². The Morgan fingerprint density at radius 1 is 1.29 bits per heavy atom. The van der Waals surface area contributed by atoms with Gasteiger partial charge < -0.3 is 10.2 Å². The highest BCUT2D eigenvalue weighted by Gasteiger charge is 2.09. The van der Waals surface area contributed by atoms with Crippen molar-refractivity contribution >= 4 is 27.5 Å². The number of nitrogens with two attached hydrogens (primary N) is 1. The van der Waals surface area contributed by atoms with E-state index in [4.69, 9.17) is 21.8 Å². The molecule has 1 aromatic heterocycles. The van der Waals surface area contributed by atoms with Crippen molar-refractivity contribution in [3.63, 3.8) is 0 Å². The fourth-order valence-electron chi connectivity index (χ4n) is 1.40. The summed E-state index contributed by atoms with van der Waals surface area (Å²) in [5, 5.41) is 8.56. The Labute approximate surface area is 112 Å². The van der Waals surface area contributed by atoms with Crippen LogP contribution in [0.2, 0.25) is 5.02 Å². The molecular formula is C11H11BrClN3O. The van der Waals surface area contributed by atoms with Gasteiger partial charge in [0.15, 0.2) is 0 Å². The normalized spacial score (nSPS) is 10.8. The van der Waals surface area contributed by atoms with Gasteiger partial charge in [0.05, 0.1) is 0 Å². The Kier molecular flexibility index (Phi) is 4.15. The third-order valence-corrected chi connectivity index (χ3v) is 2.85. The predicted octanol–water partition coefficient (Wildman–Crippen LogP) is 3.04. The van der Waals surface area contributed by atoms with E-state index in [1.165, 1.54) is 0 Å². The van der Waals surface area contributed by atoms with Crippen molar-refractivity contribution in [2.75, 3.05) is 6.54 Å². The van der Waals surface area contributed by atoms with Crippen LogP contribution in [0, 0.1) is 0 Å². The molecule has 0 saturated carbocycles. The van der Waals surface area contributed by atoms with E-state index in [2.05, 4.69) is 26.1 Å². The van der Waals surface area contributed by atoms with Gasteiger partial charge in [-0.2, -0.15) is 0 Å². The van der Waals surface area contributed by atoms with Crippen molar-refractivity contribution in [1.29, 1.82) is 0 Å². The van der Waals surface area contributed by atoms with Crippen LogP contribution in [-0.2, 0) is 6.42 Å². The van der Waals surface area contributed by atoms with Crippen molar-refractivity contribution in [3.8, 4) is 11.5 Å². The highest BCUT2D eigenvalue weighted by Crippen LogP contribution is 2.26. The maximum Gasteiger partial charge on any atom is 0.247 e. The van der Waals surface area contributed by atoms with E-state index in [1.807, 2.05) is 6.07 Å². The summed E-state index contributed by atoms with van der Waals surface area (Å²) in [7, 11) is 0. The zero-order chi connectivity index (χ0) is 12.3. The number of aryl methyl sites for hydroxylation is 1. The highest BCUT2D eigenvalue weighted by molar-refractivity contribution is 9.10. The van der Waals surface area contributed by atoms with Gasteiger partial charge >= 0.3 is 0 Å². The molecule has 0 aliphatic heterocycles. The first-order valence-electron chi connectivity index (χ1n) is 5.18. The van der Waals surface area contributed by atoms with Crippen molar-refractivity contribution < 1.29 is 4.42 Å². The van der Waals surface area contributed by atoms with Crippen LogP contribution < -0.4 is 5.73 Å².